The van der Waals surface area contributed by atoms with Crippen molar-refractivity contribution < 1.29 is 14.0 Å². The summed E-state index contributed by atoms with van der Waals surface area (Å²) in [6, 6.07) is 9.42. The molecule has 0 bridgehead atoms. The summed E-state index contributed by atoms with van der Waals surface area (Å²) in [5.41, 5.74) is 5.24. The lowest BCUT2D eigenvalue weighted by Gasteiger charge is -2.18. The van der Waals surface area contributed by atoms with Crippen LogP contribution in [-0.2, 0) is 16.9 Å². The number of nitrogens with zero attached hydrogens (tertiary/aromatic N) is 2. The SMILES string of the molecule is COCC(C)(N)c1noc(COc2ccccc2)n1. The molecule has 0 radical (unpaired) electrons. The minimum absolute atomic E-state index is 0.208. The Morgan fingerprint density at radius 1 is 1.32 bits per heavy atom. The van der Waals surface area contributed by atoms with Crippen LogP contribution in [0.1, 0.15) is 18.6 Å². The zero-order chi connectivity index (χ0) is 13.7. The number of para-hydroxylation sites is 1. The zero-order valence-electron chi connectivity index (χ0n) is 11.0. The second-order valence-corrected chi connectivity index (χ2v) is 4.46. The number of rotatable bonds is 6. The second kappa shape index (κ2) is 5.81. The van der Waals surface area contributed by atoms with Crippen molar-refractivity contribution in [3.8, 4) is 5.75 Å². The Morgan fingerprint density at radius 3 is 2.74 bits per heavy atom. The van der Waals surface area contributed by atoms with Crippen LogP contribution < -0.4 is 10.5 Å². The summed E-state index contributed by atoms with van der Waals surface area (Å²) < 4.78 is 15.6. The molecule has 0 amide bonds. The Hall–Kier alpha value is -1.92. The van der Waals surface area contributed by atoms with Gasteiger partial charge in [0.05, 0.1) is 6.61 Å². The van der Waals surface area contributed by atoms with E-state index < -0.39 is 5.54 Å². The summed E-state index contributed by atoms with van der Waals surface area (Å²) in [6.07, 6.45) is 0. The molecule has 6 nitrogen and oxygen atoms in total. The van der Waals surface area contributed by atoms with Crippen LogP contribution in [0.3, 0.4) is 0 Å². The van der Waals surface area contributed by atoms with Gasteiger partial charge in [0.25, 0.3) is 5.89 Å². The highest BCUT2D eigenvalue weighted by Gasteiger charge is 2.27. The summed E-state index contributed by atoms with van der Waals surface area (Å²) in [5.74, 6) is 1.53. The molecule has 102 valence electrons. The van der Waals surface area contributed by atoms with E-state index in [1.54, 1.807) is 14.0 Å². The molecule has 2 N–H and O–H groups in total. The number of hydrogen-bond acceptors (Lipinski definition) is 6. The Morgan fingerprint density at radius 2 is 2.05 bits per heavy atom. The van der Waals surface area contributed by atoms with Crippen molar-refractivity contribution in [2.45, 2.75) is 19.1 Å². The number of benzene rings is 1. The van der Waals surface area contributed by atoms with Crippen LogP contribution in [0.15, 0.2) is 34.9 Å². The van der Waals surface area contributed by atoms with Gasteiger partial charge in [0.2, 0.25) is 0 Å². The molecular formula is C13H17N3O3. The van der Waals surface area contributed by atoms with Gasteiger partial charge in [-0.05, 0) is 19.1 Å². The van der Waals surface area contributed by atoms with Gasteiger partial charge >= 0.3 is 0 Å². The van der Waals surface area contributed by atoms with Gasteiger partial charge in [-0.3, -0.25) is 0 Å². The number of aromatic nitrogens is 2. The summed E-state index contributed by atoms with van der Waals surface area (Å²) in [4.78, 5) is 4.21. The third-order valence-corrected chi connectivity index (χ3v) is 2.53. The third kappa shape index (κ3) is 3.52. The van der Waals surface area contributed by atoms with Gasteiger partial charge in [-0.1, -0.05) is 23.4 Å². The molecule has 1 aromatic heterocycles. The van der Waals surface area contributed by atoms with Crippen molar-refractivity contribution in [2.24, 2.45) is 5.73 Å². The molecule has 0 aliphatic heterocycles. The van der Waals surface area contributed by atoms with Crippen LogP contribution >= 0.6 is 0 Å². The van der Waals surface area contributed by atoms with Gasteiger partial charge in [-0.15, -0.1) is 0 Å². The summed E-state index contributed by atoms with van der Waals surface area (Å²) in [7, 11) is 1.57. The quantitative estimate of drug-likeness (QED) is 0.849. The van der Waals surface area contributed by atoms with Crippen molar-refractivity contribution >= 4 is 0 Å². The van der Waals surface area contributed by atoms with E-state index in [0.29, 0.717) is 18.3 Å². The van der Waals surface area contributed by atoms with E-state index in [2.05, 4.69) is 10.1 Å². The van der Waals surface area contributed by atoms with Crippen molar-refractivity contribution in [3.05, 3.63) is 42.0 Å². The molecule has 0 saturated carbocycles. The van der Waals surface area contributed by atoms with Crippen molar-refractivity contribution in [3.63, 3.8) is 0 Å². The van der Waals surface area contributed by atoms with Gasteiger partial charge in [0.15, 0.2) is 12.4 Å². The number of hydrogen-bond donors (Lipinski definition) is 1. The minimum atomic E-state index is -0.775. The first-order valence-corrected chi connectivity index (χ1v) is 5.90. The van der Waals surface area contributed by atoms with E-state index in [0.717, 1.165) is 5.75 Å². The van der Waals surface area contributed by atoms with Crippen molar-refractivity contribution in [2.75, 3.05) is 13.7 Å². The fourth-order valence-electron chi connectivity index (χ4n) is 1.57. The lowest BCUT2D eigenvalue weighted by molar-refractivity contribution is 0.134. The molecule has 0 aliphatic rings. The third-order valence-electron chi connectivity index (χ3n) is 2.53. The lowest BCUT2D eigenvalue weighted by Crippen LogP contribution is -2.39. The van der Waals surface area contributed by atoms with Gasteiger partial charge in [0.1, 0.15) is 11.3 Å². The maximum Gasteiger partial charge on any atom is 0.264 e. The van der Waals surface area contributed by atoms with Crippen molar-refractivity contribution in [1.82, 2.24) is 10.1 Å². The smallest absolute Gasteiger partial charge is 0.264 e. The molecule has 1 aromatic carbocycles. The summed E-state index contributed by atoms with van der Waals surface area (Å²) in [6.45, 7) is 2.30. The topological polar surface area (TPSA) is 83.4 Å². The second-order valence-electron chi connectivity index (χ2n) is 4.46. The highest BCUT2D eigenvalue weighted by atomic mass is 16.5. The van der Waals surface area contributed by atoms with E-state index >= 15 is 0 Å². The van der Waals surface area contributed by atoms with Crippen LogP contribution in [0.2, 0.25) is 0 Å². The maximum atomic E-state index is 6.02. The largest absolute Gasteiger partial charge is 0.484 e. The molecule has 0 aliphatic carbocycles. The van der Waals surface area contributed by atoms with E-state index in [4.69, 9.17) is 19.7 Å². The Bertz CT molecular complexity index is 511. The molecule has 2 aromatic rings. The van der Waals surface area contributed by atoms with E-state index in [1.165, 1.54) is 0 Å². The highest BCUT2D eigenvalue weighted by molar-refractivity contribution is 5.20. The minimum Gasteiger partial charge on any atom is -0.484 e. The molecule has 1 unspecified atom stereocenters. The average molecular weight is 263 g/mol. The predicted octanol–water partition coefficient (Wildman–Crippen LogP) is 1.47. The van der Waals surface area contributed by atoms with E-state index in [-0.39, 0.29) is 6.61 Å². The molecule has 0 fully saturated rings. The van der Waals surface area contributed by atoms with Crippen LogP contribution in [0.5, 0.6) is 5.75 Å². The molecule has 19 heavy (non-hydrogen) atoms. The van der Waals surface area contributed by atoms with Crippen LogP contribution in [0, 0.1) is 0 Å². The number of methoxy groups -OCH3 is 1. The standard InChI is InChI=1S/C13H17N3O3/c1-13(14,9-17-2)12-15-11(19-16-12)8-18-10-6-4-3-5-7-10/h3-7H,8-9,14H2,1-2H3. The monoisotopic (exact) mass is 263 g/mol. The van der Waals surface area contributed by atoms with Gasteiger partial charge < -0.3 is 19.7 Å². The predicted molar refractivity (Wildman–Crippen MR) is 68.5 cm³/mol. The van der Waals surface area contributed by atoms with Gasteiger partial charge in [-0.2, -0.15) is 4.98 Å². The average Bonchev–Trinajstić information content (AvgIpc) is 2.87. The summed E-state index contributed by atoms with van der Waals surface area (Å²) >= 11 is 0. The molecular weight excluding hydrogens is 246 g/mol. The molecule has 1 heterocycles. The first kappa shape index (κ1) is 13.5. The first-order valence-electron chi connectivity index (χ1n) is 5.90. The van der Waals surface area contributed by atoms with Gasteiger partial charge in [0, 0.05) is 7.11 Å². The number of nitrogens with two attached hydrogens (primary N) is 1. The zero-order valence-corrected chi connectivity index (χ0v) is 11.0. The highest BCUT2D eigenvalue weighted by Crippen LogP contribution is 2.16. The maximum absolute atomic E-state index is 6.02. The lowest BCUT2D eigenvalue weighted by atomic mass is 10.1. The molecule has 0 saturated heterocycles. The fourth-order valence-corrected chi connectivity index (χ4v) is 1.57. The van der Waals surface area contributed by atoms with Gasteiger partial charge in [-0.25, -0.2) is 0 Å². The van der Waals surface area contributed by atoms with E-state index in [1.807, 2.05) is 30.3 Å². The molecule has 2 rings (SSSR count). The van der Waals surface area contributed by atoms with E-state index in [9.17, 15) is 0 Å². The molecule has 0 spiro atoms. The first-order chi connectivity index (χ1) is 9.12. The Balaban J connectivity index is 1.98. The summed E-state index contributed by atoms with van der Waals surface area (Å²) in [5, 5.41) is 3.85. The van der Waals surface area contributed by atoms with Crippen LogP contribution in [0.4, 0.5) is 0 Å². The molecule has 6 heteroatoms. The van der Waals surface area contributed by atoms with Crippen molar-refractivity contribution in [1.29, 1.82) is 0 Å². The normalized spacial score (nSPS) is 14.1. The Labute approximate surface area is 111 Å². The molecule has 1 atom stereocenters. The van der Waals surface area contributed by atoms with Crippen LogP contribution in [0.25, 0.3) is 0 Å². The Kier molecular flexibility index (Phi) is 4.13. The number of ether oxygens (including phenoxy) is 2. The van der Waals surface area contributed by atoms with Crippen LogP contribution in [-0.4, -0.2) is 23.9 Å². The fraction of sp³-hybridized carbons (Fsp3) is 0.385.